The second-order valence-electron chi connectivity index (χ2n) is 7.01. The smallest absolute Gasteiger partial charge is 0.304 e. The van der Waals surface area contributed by atoms with Gasteiger partial charge in [-0.2, -0.15) is 0 Å². The number of thiazole rings is 1. The standard InChI is InChI=1S/C21H19ClN2O4S/c22-17-6-2-1-5-16(17)18-12-29-21(23-18)24(14-7-8-14)20(27)13(11-19(25)26)10-15-4-3-9-28-15/h1-6,9,12-14H,7-8,10-11H2,(H,25,26). The zero-order valence-electron chi connectivity index (χ0n) is 15.5. The number of halogens is 1. The molecule has 2 aromatic heterocycles. The molecular weight excluding hydrogens is 412 g/mol. The summed E-state index contributed by atoms with van der Waals surface area (Å²) in [5.41, 5.74) is 1.51. The second-order valence-corrected chi connectivity index (χ2v) is 8.26. The number of furan rings is 1. The summed E-state index contributed by atoms with van der Waals surface area (Å²) >= 11 is 7.65. The minimum atomic E-state index is -1.01. The molecule has 4 rings (SSSR count). The van der Waals surface area contributed by atoms with E-state index in [2.05, 4.69) is 4.98 Å². The number of anilines is 1. The van der Waals surface area contributed by atoms with Crippen molar-refractivity contribution in [2.75, 3.05) is 4.90 Å². The molecule has 1 amide bonds. The van der Waals surface area contributed by atoms with E-state index in [1.807, 2.05) is 23.6 Å². The SMILES string of the molecule is O=C(O)CC(Cc1ccco1)C(=O)N(c1nc(-c2ccccc2Cl)cs1)C1CC1. The Labute approximate surface area is 176 Å². The van der Waals surface area contributed by atoms with E-state index in [1.54, 1.807) is 23.1 Å². The maximum absolute atomic E-state index is 13.4. The number of aliphatic carboxylic acids is 1. The molecule has 1 atom stereocenters. The molecule has 8 heteroatoms. The molecule has 0 saturated heterocycles. The molecule has 2 heterocycles. The number of amides is 1. The van der Waals surface area contributed by atoms with Gasteiger partial charge in [-0.05, 0) is 31.0 Å². The second kappa shape index (κ2) is 8.39. The van der Waals surface area contributed by atoms with E-state index >= 15 is 0 Å². The lowest BCUT2D eigenvalue weighted by molar-refractivity contribution is -0.140. The molecule has 1 fully saturated rings. The summed E-state index contributed by atoms with van der Waals surface area (Å²) in [6, 6.07) is 11.0. The molecule has 6 nitrogen and oxygen atoms in total. The molecule has 1 unspecified atom stereocenters. The summed E-state index contributed by atoms with van der Waals surface area (Å²) in [5, 5.41) is 12.4. The van der Waals surface area contributed by atoms with Gasteiger partial charge >= 0.3 is 5.97 Å². The Morgan fingerprint density at radius 2 is 2.07 bits per heavy atom. The highest BCUT2D eigenvalue weighted by molar-refractivity contribution is 7.14. The summed E-state index contributed by atoms with van der Waals surface area (Å²) in [5.74, 6) is -1.36. The molecule has 1 aromatic carbocycles. The highest BCUT2D eigenvalue weighted by Gasteiger charge is 2.39. The number of carbonyl (C=O) groups excluding carboxylic acids is 1. The quantitative estimate of drug-likeness (QED) is 0.550. The third kappa shape index (κ3) is 4.52. The van der Waals surface area contributed by atoms with Crippen LogP contribution in [0.4, 0.5) is 5.13 Å². The molecule has 3 aromatic rings. The Balaban J connectivity index is 1.62. The van der Waals surface area contributed by atoms with Gasteiger partial charge in [0.1, 0.15) is 5.76 Å². The van der Waals surface area contributed by atoms with Crippen molar-refractivity contribution in [3.05, 3.63) is 58.8 Å². The van der Waals surface area contributed by atoms with Crippen molar-refractivity contribution in [2.24, 2.45) is 5.92 Å². The highest BCUT2D eigenvalue weighted by Crippen LogP contribution is 2.38. The summed E-state index contributed by atoms with van der Waals surface area (Å²) in [6.07, 6.45) is 3.27. The first-order chi connectivity index (χ1) is 14.0. The van der Waals surface area contributed by atoms with Gasteiger partial charge in [0, 0.05) is 28.4 Å². The van der Waals surface area contributed by atoms with Crippen molar-refractivity contribution in [1.82, 2.24) is 4.98 Å². The van der Waals surface area contributed by atoms with Gasteiger partial charge in [0.25, 0.3) is 0 Å². The Morgan fingerprint density at radius 3 is 2.72 bits per heavy atom. The van der Waals surface area contributed by atoms with Crippen LogP contribution in [0.15, 0.2) is 52.5 Å². The average molecular weight is 431 g/mol. The molecule has 1 saturated carbocycles. The number of hydrogen-bond acceptors (Lipinski definition) is 5. The van der Waals surface area contributed by atoms with E-state index in [0.717, 1.165) is 18.4 Å². The van der Waals surface area contributed by atoms with Gasteiger partial charge in [-0.1, -0.05) is 29.8 Å². The van der Waals surface area contributed by atoms with Gasteiger partial charge in [-0.25, -0.2) is 4.98 Å². The van der Waals surface area contributed by atoms with Crippen LogP contribution in [0.5, 0.6) is 0 Å². The van der Waals surface area contributed by atoms with Crippen molar-refractivity contribution < 1.29 is 19.1 Å². The van der Waals surface area contributed by atoms with Crippen LogP contribution in [-0.2, 0) is 16.0 Å². The Hall–Kier alpha value is -2.64. The van der Waals surface area contributed by atoms with Crippen LogP contribution in [0.3, 0.4) is 0 Å². The molecule has 1 aliphatic carbocycles. The van der Waals surface area contributed by atoms with E-state index in [-0.39, 0.29) is 24.8 Å². The Bertz CT molecular complexity index is 1010. The number of benzene rings is 1. The number of aromatic nitrogens is 1. The zero-order valence-corrected chi connectivity index (χ0v) is 17.0. The van der Waals surface area contributed by atoms with Crippen LogP contribution in [-0.4, -0.2) is 28.0 Å². The first-order valence-electron chi connectivity index (χ1n) is 9.30. The van der Waals surface area contributed by atoms with Gasteiger partial charge in [-0.3, -0.25) is 14.5 Å². The summed E-state index contributed by atoms with van der Waals surface area (Å²) in [7, 11) is 0. The number of carboxylic acid groups (broad SMARTS) is 1. The van der Waals surface area contributed by atoms with Gasteiger partial charge in [-0.15, -0.1) is 11.3 Å². The van der Waals surface area contributed by atoms with Crippen molar-refractivity contribution in [2.45, 2.75) is 31.7 Å². The highest BCUT2D eigenvalue weighted by atomic mass is 35.5. The molecule has 0 radical (unpaired) electrons. The molecule has 0 spiro atoms. The number of hydrogen-bond donors (Lipinski definition) is 1. The fraction of sp³-hybridized carbons (Fsp3) is 0.286. The molecule has 150 valence electrons. The lowest BCUT2D eigenvalue weighted by Gasteiger charge is -2.24. The molecule has 29 heavy (non-hydrogen) atoms. The van der Waals surface area contributed by atoms with Gasteiger partial charge in [0.15, 0.2) is 5.13 Å². The minimum absolute atomic E-state index is 0.0561. The fourth-order valence-electron chi connectivity index (χ4n) is 3.26. The van der Waals surface area contributed by atoms with Gasteiger partial charge in [0.05, 0.1) is 24.3 Å². The Kier molecular flexibility index (Phi) is 5.69. The zero-order chi connectivity index (χ0) is 20.4. The maximum Gasteiger partial charge on any atom is 0.304 e. The Morgan fingerprint density at radius 1 is 1.28 bits per heavy atom. The third-order valence-corrected chi connectivity index (χ3v) is 5.96. The van der Waals surface area contributed by atoms with E-state index in [1.165, 1.54) is 17.6 Å². The topological polar surface area (TPSA) is 83.6 Å². The van der Waals surface area contributed by atoms with Crippen LogP contribution >= 0.6 is 22.9 Å². The lowest BCUT2D eigenvalue weighted by Crippen LogP contribution is -2.39. The van der Waals surface area contributed by atoms with Crippen LogP contribution < -0.4 is 4.90 Å². The van der Waals surface area contributed by atoms with E-state index in [0.29, 0.717) is 21.6 Å². The molecular formula is C21H19ClN2O4S. The van der Waals surface area contributed by atoms with Crippen LogP contribution in [0.1, 0.15) is 25.0 Å². The first kappa shape index (κ1) is 19.7. The third-order valence-electron chi connectivity index (χ3n) is 4.80. The van der Waals surface area contributed by atoms with Crippen molar-refractivity contribution in [1.29, 1.82) is 0 Å². The summed E-state index contributed by atoms with van der Waals surface area (Å²) in [6.45, 7) is 0. The number of rotatable bonds is 8. The largest absolute Gasteiger partial charge is 0.481 e. The summed E-state index contributed by atoms with van der Waals surface area (Å²) in [4.78, 5) is 31.1. The van der Waals surface area contributed by atoms with Gasteiger partial charge < -0.3 is 9.52 Å². The normalized spacial score (nSPS) is 14.5. The van der Waals surface area contributed by atoms with E-state index < -0.39 is 11.9 Å². The van der Waals surface area contributed by atoms with Crippen LogP contribution in [0.25, 0.3) is 11.3 Å². The predicted octanol–water partition coefficient (Wildman–Crippen LogP) is 4.89. The molecule has 1 aliphatic rings. The molecule has 0 aliphatic heterocycles. The van der Waals surface area contributed by atoms with Gasteiger partial charge in [0.2, 0.25) is 5.91 Å². The minimum Gasteiger partial charge on any atom is -0.481 e. The van der Waals surface area contributed by atoms with Crippen molar-refractivity contribution >= 4 is 39.9 Å². The number of carbonyl (C=O) groups is 2. The predicted molar refractivity (Wildman–Crippen MR) is 111 cm³/mol. The first-order valence-corrected chi connectivity index (χ1v) is 10.6. The maximum atomic E-state index is 13.4. The van der Waals surface area contributed by atoms with Crippen molar-refractivity contribution in [3.8, 4) is 11.3 Å². The van der Waals surface area contributed by atoms with Crippen LogP contribution in [0, 0.1) is 5.92 Å². The van der Waals surface area contributed by atoms with Crippen LogP contribution in [0.2, 0.25) is 5.02 Å². The van der Waals surface area contributed by atoms with Crippen molar-refractivity contribution in [3.63, 3.8) is 0 Å². The molecule has 0 bridgehead atoms. The number of nitrogens with zero attached hydrogens (tertiary/aromatic N) is 2. The fourth-order valence-corrected chi connectivity index (χ4v) is 4.39. The van der Waals surface area contributed by atoms with E-state index in [9.17, 15) is 14.7 Å². The summed E-state index contributed by atoms with van der Waals surface area (Å²) < 4.78 is 5.34. The number of carboxylic acids is 1. The average Bonchev–Trinajstić information content (AvgIpc) is 3.17. The van der Waals surface area contributed by atoms with E-state index in [4.69, 9.17) is 16.0 Å². The molecule has 1 N–H and O–H groups in total. The lowest BCUT2D eigenvalue weighted by atomic mass is 9.98. The monoisotopic (exact) mass is 430 g/mol.